The first-order valence-corrected chi connectivity index (χ1v) is 10.4. The number of piperidine rings is 1. The average Bonchev–Trinajstić information content (AvgIpc) is 2.61. The van der Waals surface area contributed by atoms with E-state index in [0.29, 0.717) is 12.5 Å². The highest BCUT2D eigenvalue weighted by Crippen LogP contribution is 2.45. The molecule has 1 aliphatic heterocycles. The second-order valence-corrected chi connectivity index (χ2v) is 9.05. The van der Waals surface area contributed by atoms with E-state index in [1.165, 1.54) is 29.5 Å². The van der Waals surface area contributed by atoms with Gasteiger partial charge in [-0.15, -0.1) is 0 Å². The second kappa shape index (κ2) is 7.67. The van der Waals surface area contributed by atoms with Crippen LogP contribution < -0.4 is 4.74 Å². The van der Waals surface area contributed by atoms with Crippen LogP contribution in [0.1, 0.15) is 65.9 Å². The first kappa shape index (κ1) is 19.9. The Morgan fingerprint density at radius 2 is 1.30 bits per heavy atom. The van der Waals surface area contributed by atoms with Crippen LogP contribution in [0.4, 0.5) is 0 Å². The van der Waals surface area contributed by atoms with Crippen LogP contribution in [0.15, 0.2) is 48.5 Å². The minimum absolute atomic E-state index is 0.231. The smallest absolute Gasteiger partial charge is 0.119 e. The zero-order valence-corrected chi connectivity index (χ0v) is 17.9. The first-order chi connectivity index (χ1) is 12.8. The number of hydrogen-bond donors (Lipinski definition) is 0. The normalized spacial score (nSPS) is 19.8. The first-order valence-electron chi connectivity index (χ1n) is 10.4. The van der Waals surface area contributed by atoms with Crippen molar-refractivity contribution in [3.05, 3.63) is 54.1 Å². The zero-order chi connectivity index (χ0) is 19.7. The maximum absolute atomic E-state index is 5.55. The Morgan fingerprint density at radius 1 is 0.815 bits per heavy atom. The predicted molar refractivity (Wildman–Crippen MR) is 116 cm³/mol. The number of nitrogens with zero attached hydrogens (tertiary/aromatic N) is 1. The van der Waals surface area contributed by atoms with E-state index < -0.39 is 0 Å². The van der Waals surface area contributed by atoms with Crippen LogP contribution in [0.3, 0.4) is 0 Å². The van der Waals surface area contributed by atoms with Crippen molar-refractivity contribution in [2.45, 2.75) is 71.4 Å². The molecule has 0 spiro atoms. The number of rotatable bonds is 5. The molecule has 0 amide bonds. The van der Waals surface area contributed by atoms with Gasteiger partial charge in [0, 0.05) is 11.1 Å². The number of ether oxygens (including phenoxy) is 1. The lowest BCUT2D eigenvalue weighted by molar-refractivity contribution is -0.0316. The molecular formula is C25H35NO. The molecule has 2 aromatic rings. The van der Waals surface area contributed by atoms with Gasteiger partial charge in [0.25, 0.3) is 0 Å². The van der Waals surface area contributed by atoms with Gasteiger partial charge in [-0.05, 0) is 88.7 Å². The van der Waals surface area contributed by atoms with Crippen molar-refractivity contribution in [1.82, 2.24) is 4.90 Å². The molecule has 0 radical (unpaired) electrons. The lowest BCUT2D eigenvalue weighted by Gasteiger charge is -2.55. The summed E-state index contributed by atoms with van der Waals surface area (Å²) in [6.45, 7) is 15.7. The minimum Gasteiger partial charge on any atom is -0.494 e. The second-order valence-electron chi connectivity index (χ2n) is 9.05. The Hall–Kier alpha value is -1.80. The summed E-state index contributed by atoms with van der Waals surface area (Å²) in [6.07, 6.45) is 2.43. The fraction of sp³-hybridized carbons (Fsp3) is 0.520. The van der Waals surface area contributed by atoms with Gasteiger partial charge in [0.05, 0.1) is 6.61 Å². The summed E-state index contributed by atoms with van der Waals surface area (Å²) in [5.41, 5.74) is 4.45. The molecule has 27 heavy (non-hydrogen) atoms. The van der Waals surface area contributed by atoms with Gasteiger partial charge < -0.3 is 4.74 Å². The van der Waals surface area contributed by atoms with Crippen LogP contribution in [-0.4, -0.2) is 29.1 Å². The van der Waals surface area contributed by atoms with Crippen molar-refractivity contribution in [3.63, 3.8) is 0 Å². The molecule has 2 aromatic carbocycles. The SMILES string of the molecule is CCOc1ccc(-c2ccc(C3CC(C)(C)N(CC)C(C)(C)C3)cc2)cc1. The maximum atomic E-state index is 5.55. The van der Waals surface area contributed by atoms with Gasteiger partial charge in [-0.1, -0.05) is 43.3 Å². The van der Waals surface area contributed by atoms with Crippen LogP contribution in [0.5, 0.6) is 5.75 Å². The van der Waals surface area contributed by atoms with Gasteiger partial charge in [0.15, 0.2) is 0 Å². The van der Waals surface area contributed by atoms with Gasteiger partial charge in [-0.3, -0.25) is 4.90 Å². The Bertz CT molecular complexity index is 725. The highest BCUT2D eigenvalue weighted by atomic mass is 16.5. The summed E-state index contributed by atoms with van der Waals surface area (Å²) in [7, 11) is 0. The third kappa shape index (κ3) is 4.21. The molecule has 2 nitrogen and oxygen atoms in total. The molecule has 0 bridgehead atoms. The van der Waals surface area contributed by atoms with Gasteiger partial charge in [-0.2, -0.15) is 0 Å². The van der Waals surface area contributed by atoms with Crippen molar-refractivity contribution in [2.24, 2.45) is 0 Å². The molecule has 0 saturated carbocycles. The number of hydrogen-bond acceptors (Lipinski definition) is 2. The van der Waals surface area contributed by atoms with Gasteiger partial charge in [-0.25, -0.2) is 0 Å². The van der Waals surface area contributed by atoms with Crippen molar-refractivity contribution < 1.29 is 4.74 Å². The van der Waals surface area contributed by atoms with Gasteiger partial charge >= 0.3 is 0 Å². The summed E-state index contributed by atoms with van der Waals surface area (Å²) in [4.78, 5) is 2.67. The van der Waals surface area contributed by atoms with E-state index >= 15 is 0 Å². The third-order valence-corrected chi connectivity index (χ3v) is 6.15. The van der Waals surface area contributed by atoms with Crippen LogP contribution in [0.25, 0.3) is 11.1 Å². The number of benzene rings is 2. The summed E-state index contributed by atoms with van der Waals surface area (Å²) in [5.74, 6) is 1.55. The lowest BCUT2D eigenvalue weighted by Crippen LogP contribution is -2.59. The van der Waals surface area contributed by atoms with E-state index in [9.17, 15) is 0 Å². The molecule has 3 rings (SSSR count). The third-order valence-electron chi connectivity index (χ3n) is 6.15. The molecule has 1 fully saturated rings. The molecule has 0 aliphatic carbocycles. The molecular weight excluding hydrogens is 330 g/mol. The standard InChI is InChI=1S/C25H35NO/c1-7-26-24(3,4)17-22(18-25(26,5)6)21-11-9-19(10-12-21)20-13-15-23(16-14-20)27-8-2/h9-16,22H,7-8,17-18H2,1-6H3. The monoisotopic (exact) mass is 365 g/mol. The van der Waals surface area contributed by atoms with Crippen molar-refractivity contribution in [2.75, 3.05) is 13.2 Å². The fourth-order valence-electron chi connectivity index (χ4n) is 5.27. The number of likely N-dealkylation sites (tertiary alicyclic amines) is 1. The summed E-state index contributed by atoms with van der Waals surface area (Å²) in [6, 6.07) is 17.6. The van der Waals surface area contributed by atoms with Crippen molar-refractivity contribution >= 4 is 0 Å². The van der Waals surface area contributed by atoms with Gasteiger partial charge in [0.1, 0.15) is 5.75 Å². The van der Waals surface area contributed by atoms with E-state index in [2.05, 4.69) is 88.0 Å². The Balaban J connectivity index is 1.79. The van der Waals surface area contributed by atoms with Crippen LogP contribution in [-0.2, 0) is 0 Å². The fourth-order valence-corrected chi connectivity index (χ4v) is 5.27. The topological polar surface area (TPSA) is 12.5 Å². The molecule has 146 valence electrons. The highest BCUT2D eigenvalue weighted by molar-refractivity contribution is 5.64. The minimum atomic E-state index is 0.231. The Labute approximate surface area is 165 Å². The maximum Gasteiger partial charge on any atom is 0.119 e. The zero-order valence-electron chi connectivity index (χ0n) is 17.9. The summed E-state index contributed by atoms with van der Waals surface area (Å²) >= 11 is 0. The largest absolute Gasteiger partial charge is 0.494 e. The van der Waals surface area contributed by atoms with E-state index in [1.807, 2.05) is 6.92 Å². The van der Waals surface area contributed by atoms with E-state index in [0.717, 1.165) is 12.3 Å². The summed E-state index contributed by atoms with van der Waals surface area (Å²) < 4.78 is 5.55. The Morgan fingerprint density at radius 3 is 1.74 bits per heavy atom. The van der Waals surface area contributed by atoms with Crippen LogP contribution in [0, 0.1) is 0 Å². The molecule has 1 heterocycles. The van der Waals surface area contributed by atoms with Crippen LogP contribution in [0.2, 0.25) is 0 Å². The van der Waals surface area contributed by atoms with Crippen molar-refractivity contribution in [3.8, 4) is 16.9 Å². The average molecular weight is 366 g/mol. The Kier molecular flexibility index (Phi) is 5.67. The molecule has 1 saturated heterocycles. The van der Waals surface area contributed by atoms with Crippen molar-refractivity contribution in [1.29, 1.82) is 0 Å². The molecule has 0 unspecified atom stereocenters. The quantitative estimate of drug-likeness (QED) is 0.599. The van der Waals surface area contributed by atoms with E-state index in [-0.39, 0.29) is 11.1 Å². The van der Waals surface area contributed by atoms with E-state index in [4.69, 9.17) is 4.74 Å². The highest BCUT2D eigenvalue weighted by Gasteiger charge is 2.44. The molecule has 1 aliphatic rings. The lowest BCUT2D eigenvalue weighted by atomic mass is 9.71. The van der Waals surface area contributed by atoms with Gasteiger partial charge in [0.2, 0.25) is 0 Å². The van der Waals surface area contributed by atoms with E-state index in [1.54, 1.807) is 0 Å². The van der Waals surface area contributed by atoms with Crippen LogP contribution >= 0.6 is 0 Å². The molecule has 0 aromatic heterocycles. The predicted octanol–water partition coefficient (Wildman–Crippen LogP) is 6.51. The molecule has 0 atom stereocenters. The molecule has 0 N–H and O–H groups in total. The molecule has 2 heteroatoms. The summed E-state index contributed by atoms with van der Waals surface area (Å²) in [5, 5.41) is 0.